The summed E-state index contributed by atoms with van der Waals surface area (Å²) in [5.41, 5.74) is 4.22. The molecule has 0 radical (unpaired) electrons. The molecule has 4 aliphatic rings. The van der Waals surface area contributed by atoms with E-state index in [0.717, 1.165) is 12.3 Å². The highest BCUT2D eigenvalue weighted by atomic mass is 16.4. The van der Waals surface area contributed by atoms with Gasteiger partial charge in [0.15, 0.2) is 0 Å². The lowest BCUT2D eigenvalue weighted by atomic mass is 9.51. The summed E-state index contributed by atoms with van der Waals surface area (Å²) in [6.07, 6.45) is 17.2. The Hall–Kier alpha value is -1.05. The Morgan fingerprint density at radius 3 is 2.81 bits per heavy atom. The van der Waals surface area contributed by atoms with Crippen molar-refractivity contribution in [3.05, 3.63) is 23.3 Å². The Morgan fingerprint density at radius 2 is 2.04 bits per heavy atom. The number of carboxylic acid groups (broad SMARTS) is 1. The van der Waals surface area contributed by atoms with Crippen molar-refractivity contribution >= 4 is 5.97 Å². The van der Waals surface area contributed by atoms with Crippen molar-refractivity contribution in [1.29, 1.82) is 0 Å². The van der Waals surface area contributed by atoms with Gasteiger partial charge in [-0.05, 0) is 68.1 Å². The van der Waals surface area contributed by atoms with Gasteiger partial charge < -0.3 is 5.11 Å². The highest BCUT2D eigenvalue weighted by molar-refractivity contribution is 5.66. The second-order valence-corrected chi connectivity index (χ2v) is 10.2. The molecule has 1 N–H and O–H groups in total. The molecule has 4 rings (SSSR count). The van der Waals surface area contributed by atoms with Crippen molar-refractivity contribution < 1.29 is 9.90 Å². The van der Waals surface area contributed by atoms with Crippen LogP contribution in [0.2, 0.25) is 0 Å². The highest BCUT2D eigenvalue weighted by Crippen LogP contribution is 2.63. The number of allylic oxidation sites excluding steroid dienone is 4. The first-order valence-corrected chi connectivity index (χ1v) is 11.0. The summed E-state index contributed by atoms with van der Waals surface area (Å²) in [7, 11) is 0. The molecule has 2 nitrogen and oxygen atoms in total. The van der Waals surface area contributed by atoms with Crippen molar-refractivity contribution in [2.45, 2.75) is 85.0 Å². The summed E-state index contributed by atoms with van der Waals surface area (Å²) in [5.74, 6) is 2.04. The lowest BCUT2D eigenvalue weighted by Gasteiger charge is -2.54. The van der Waals surface area contributed by atoms with Gasteiger partial charge in [-0.3, -0.25) is 4.79 Å². The van der Waals surface area contributed by atoms with Gasteiger partial charge in [0.2, 0.25) is 0 Å². The number of hydrogen-bond acceptors (Lipinski definition) is 1. The summed E-state index contributed by atoms with van der Waals surface area (Å²) >= 11 is 0. The van der Waals surface area contributed by atoms with Crippen LogP contribution in [-0.4, -0.2) is 11.1 Å². The van der Waals surface area contributed by atoms with Gasteiger partial charge >= 0.3 is 5.97 Å². The van der Waals surface area contributed by atoms with Gasteiger partial charge in [0, 0.05) is 17.8 Å². The van der Waals surface area contributed by atoms with Gasteiger partial charge in [0.05, 0.1) is 0 Å². The topological polar surface area (TPSA) is 37.3 Å². The zero-order chi connectivity index (χ0) is 18.5. The summed E-state index contributed by atoms with van der Waals surface area (Å²) in [4.78, 5) is 11.0. The first kappa shape index (κ1) is 18.3. The Morgan fingerprint density at radius 1 is 1.23 bits per heavy atom. The molecule has 3 fully saturated rings. The van der Waals surface area contributed by atoms with Crippen molar-refractivity contribution in [3.63, 3.8) is 0 Å². The molecular weight excluding hydrogens is 320 g/mol. The first-order chi connectivity index (χ1) is 12.4. The molecule has 0 aliphatic heterocycles. The predicted molar refractivity (Wildman–Crippen MR) is 106 cm³/mol. The molecule has 0 aromatic heterocycles. The molecule has 3 saturated carbocycles. The predicted octanol–water partition coefficient (Wildman–Crippen LogP) is 6.38. The van der Waals surface area contributed by atoms with E-state index < -0.39 is 5.97 Å². The van der Waals surface area contributed by atoms with E-state index in [4.69, 9.17) is 5.11 Å². The van der Waals surface area contributed by atoms with Crippen LogP contribution in [0.4, 0.5) is 0 Å². The maximum atomic E-state index is 11.0. The quantitative estimate of drug-likeness (QED) is 0.594. The fraction of sp³-hybridized carbons (Fsp3) is 0.792. The third-order valence-corrected chi connectivity index (χ3v) is 8.95. The van der Waals surface area contributed by atoms with E-state index in [0.29, 0.717) is 29.6 Å². The fourth-order valence-electron chi connectivity index (χ4n) is 7.42. The van der Waals surface area contributed by atoms with Crippen LogP contribution < -0.4 is 0 Å². The fourth-order valence-corrected chi connectivity index (χ4v) is 7.42. The zero-order valence-electron chi connectivity index (χ0n) is 16.9. The van der Waals surface area contributed by atoms with E-state index in [2.05, 4.69) is 32.9 Å². The van der Waals surface area contributed by atoms with Gasteiger partial charge in [-0.1, -0.05) is 56.9 Å². The van der Waals surface area contributed by atoms with Crippen LogP contribution in [-0.2, 0) is 4.79 Å². The van der Waals surface area contributed by atoms with Crippen molar-refractivity contribution in [2.75, 3.05) is 0 Å². The molecular formula is C24H36O2. The molecule has 6 atom stereocenters. The Kier molecular flexibility index (Phi) is 4.60. The molecule has 0 bridgehead atoms. The van der Waals surface area contributed by atoms with Crippen LogP contribution >= 0.6 is 0 Å². The first-order valence-electron chi connectivity index (χ1n) is 11.0. The maximum absolute atomic E-state index is 11.0. The molecule has 0 aromatic carbocycles. The smallest absolute Gasteiger partial charge is 0.303 e. The van der Waals surface area contributed by atoms with Crippen molar-refractivity contribution in [1.82, 2.24) is 0 Å². The maximum Gasteiger partial charge on any atom is 0.303 e. The van der Waals surface area contributed by atoms with Gasteiger partial charge in [-0.15, -0.1) is 0 Å². The molecule has 0 amide bonds. The molecule has 4 aliphatic carbocycles. The average molecular weight is 357 g/mol. The molecule has 26 heavy (non-hydrogen) atoms. The lowest BCUT2D eigenvalue weighted by Crippen LogP contribution is -2.44. The number of carbonyl (C=O) groups is 1. The molecule has 0 heterocycles. The van der Waals surface area contributed by atoms with Gasteiger partial charge in [-0.2, -0.15) is 0 Å². The van der Waals surface area contributed by atoms with Crippen molar-refractivity contribution in [2.24, 2.45) is 34.5 Å². The van der Waals surface area contributed by atoms with Crippen LogP contribution in [0, 0.1) is 34.5 Å². The van der Waals surface area contributed by atoms with E-state index in [1.807, 2.05) is 0 Å². The Balaban J connectivity index is 1.61. The molecule has 0 unspecified atom stereocenters. The minimum Gasteiger partial charge on any atom is -0.481 e. The van der Waals surface area contributed by atoms with E-state index >= 15 is 0 Å². The van der Waals surface area contributed by atoms with Crippen molar-refractivity contribution in [3.8, 4) is 0 Å². The average Bonchev–Trinajstić information content (AvgIpc) is 2.96. The number of hydrogen-bond donors (Lipinski definition) is 1. The molecule has 2 heteroatoms. The minimum absolute atomic E-state index is 0.182. The number of fused-ring (bicyclic) bond motifs is 4. The minimum atomic E-state index is -0.652. The Labute approximate surface area is 159 Å². The largest absolute Gasteiger partial charge is 0.481 e. The van der Waals surface area contributed by atoms with E-state index in [-0.39, 0.29) is 5.41 Å². The number of aliphatic carboxylic acids is 1. The van der Waals surface area contributed by atoms with E-state index in [9.17, 15) is 4.79 Å². The summed E-state index contributed by atoms with van der Waals surface area (Å²) in [6.45, 7) is 7.31. The van der Waals surface area contributed by atoms with Gasteiger partial charge in [0.1, 0.15) is 0 Å². The van der Waals surface area contributed by atoms with Gasteiger partial charge in [0.25, 0.3) is 0 Å². The summed E-state index contributed by atoms with van der Waals surface area (Å²) < 4.78 is 0. The molecule has 144 valence electrons. The monoisotopic (exact) mass is 356 g/mol. The zero-order valence-corrected chi connectivity index (χ0v) is 16.9. The van der Waals surface area contributed by atoms with Crippen LogP contribution in [0.25, 0.3) is 0 Å². The highest BCUT2D eigenvalue weighted by Gasteiger charge is 2.52. The normalized spacial score (nSPS) is 42.8. The van der Waals surface area contributed by atoms with Gasteiger partial charge in [-0.25, -0.2) is 0 Å². The standard InChI is InChI=1S/C24H36O2/c1-16(7-12-22(25)26)19-10-11-20-18-9-8-17-6-4-5-14-23(17,2)21(18)13-15-24(19,20)3/h13,15-17,19,21H,4-12,14H2,1-3H3,(H,25,26)/t16-,17+,19-,21+,23+,24-/m1/s1. The Bertz CT molecular complexity index is 645. The molecule has 0 saturated heterocycles. The summed E-state index contributed by atoms with van der Waals surface area (Å²) in [6, 6.07) is 0. The van der Waals surface area contributed by atoms with E-state index in [1.165, 1.54) is 51.4 Å². The lowest BCUT2D eigenvalue weighted by molar-refractivity contribution is -0.137. The van der Waals surface area contributed by atoms with Crippen LogP contribution in [0.3, 0.4) is 0 Å². The van der Waals surface area contributed by atoms with Crippen LogP contribution in [0.15, 0.2) is 23.3 Å². The summed E-state index contributed by atoms with van der Waals surface area (Å²) in [5, 5.41) is 9.07. The number of carboxylic acids is 1. The van der Waals surface area contributed by atoms with Crippen LogP contribution in [0.5, 0.6) is 0 Å². The third-order valence-electron chi connectivity index (χ3n) is 8.95. The second-order valence-electron chi connectivity index (χ2n) is 10.2. The van der Waals surface area contributed by atoms with E-state index in [1.54, 1.807) is 11.1 Å². The third kappa shape index (κ3) is 2.70. The SMILES string of the molecule is C[C@H](CCC(=O)O)[C@H]1CCC2=C3CC[C@@H]4CCCC[C@]4(C)[C@H]3C=C[C@@]21C. The number of rotatable bonds is 4. The van der Waals surface area contributed by atoms with Crippen LogP contribution in [0.1, 0.15) is 85.0 Å². The molecule has 0 spiro atoms. The second kappa shape index (κ2) is 6.53. The molecule has 0 aromatic rings.